The van der Waals surface area contributed by atoms with E-state index in [1.165, 1.54) is 19.4 Å². The molecule has 0 bridgehead atoms. The Labute approximate surface area is 107 Å². The van der Waals surface area contributed by atoms with Crippen LogP contribution in [0, 0.1) is 0 Å². The summed E-state index contributed by atoms with van der Waals surface area (Å²) >= 11 is 0. The number of nitrogens with zero attached hydrogens (tertiary/aromatic N) is 1. The zero-order valence-corrected chi connectivity index (χ0v) is 12.2. The Morgan fingerprint density at radius 1 is 1.12 bits per heavy atom. The summed E-state index contributed by atoms with van der Waals surface area (Å²) in [5.74, 6) is 0. The molecule has 1 N–H and O–H groups in total. The van der Waals surface area contributed by atoms with E-state index in [1.54, 1.807) is 14.2 Å². The highest BCUT2D eigenvalue weighted by atomic mass is 16.7. The molecule has 1 atom stereocenters. The van der Waals surface area contributed by atoms with E-state index in [-0.39, 0.29) is 6.29 Å². The molecule has 104 valence electrons. The van der Waals surface area contributed by atoms with E-state index in [0.29, 0.717) is 6.04 Å². The van der Waals surface area contributed by atoms with Gasteiger partial charge >= 0.3 is 0 Å². The second-order valence-corrected chi connectivity index (χ2v) is 4.38. The highest BCUT2D eigenvalue weighted by Gasteiger charge is 2.08. The molecular formula is C13H30N2O2. The van der Waals surface area contributed by atoms with Gasteiger partial charge in [-0.2, -0.15) is 0 Å². The van der Waals surface area contributed by atoms with E-state index >= 15 is 0 Å². The van der Waals surface area contributed by atoms with E-state index in [2.05, 4.69) is 31.0 Å². The molecule has 0 aromatic carbocycles. The van der Waals surface area contributed by atoms with Crippen LogP contribution in [0.15, 0.2) is 0 Å². The maximum atomic E-state index is 5.13. The molecule has 0 heterocycles. The van der Waals surface area contributed by atoms with E-state index < -0.39 is 0 Å². The van der Waals surface area contributed by atoms with Crippen molar-refractivity contribution in [3.63, 3.8) is 0 Å². The SMILES string of the molecule is CCN(CC)CCCC(C)NCC(OC)OC. The van der Waals surface area contributed by atoms with Crippen LogP contribution < -0.4 is 5.32 Å². The second kappa shape index (κ2) is 11.0. The molecule has 0 aliphatic rings. The molecule has 0 radical (unpaired) electrons. The minimum atomic E-state index is -0.139. The maximum absolute atomic E-state index is 5.13. The van der Waals surface area contributed by atoms with Gasteiger partial charge in [-0.1, -0.05) is 13.8 Å². The van der Waals surface area contributed by atoms with Gasteiger partial charge in [0.25, 0.3) is 0 Å². The Hall–Kier alpha value is -0.160. The molecule has 0 aromatic heterocycles. The lowest BCUT2D eigenvalue weighted by molar-refractivity contribution is -0.0997. The molecule has 0 rings (SSSR count). The van der Waals surface area contributed by atoms with E-state index in [4.69, 9.17) is 9.47 Å². The molecule has 0 amide bonds. The minimum Gasteiger partial charge on any atom is -0.355 e. The van der Waals surface area contributed by atoms with Gasteiger partial charge in [0, 0.05) is 26.8 Å². The average molecular weight is 246 g/mol. The Morgan fingerprint density at radius 3 is 2.18 bits per heavy atom. The summed E-state index contributed by atoms with van der Waals surface area (Å²) in [5.41, 5.74) is 0. The normalized spacial score (nSPS) is 13.6. The van der Waals surface area contributed by atoms with Crippen LogP contribution in [-0.4, -0.2) is 57.6 Å². The van der Waals surface area contributed by atoms with Crippen molar-refractivity contribution in [2.45, 2.75) is 45.9 Å². The number of hydrogen-bond donors (Lipinski definition) is 1. The molecule has 0 spiro atoms. The molecule has 17 heavy (non-hydrogen) atoms. The minimum absolute atomic E-state index is 0.139. The van der Waals surface area contributed by atoms with E-state index in [0.717, 1.165) is 19.6 Å². The zero-order chi connectivity index (χ0) is 13.1. The van der Waals surface area contributed by atoms with Crippen molar-refractivity contribution in [2.75, 3.05) is 40.4 Å². The molecule has 0 aromatic rings. The third-order valence-electron chi connectivity index (χ3n) is 3.16. The van der Waals surface area contributed by atoms with Gasteiger partial charge in [-0.25, -0.2) is 0 Å². The van der Waals surface area contributed by atoms with Gasteiger partial charge in [0.15, 0.2) is 6.29 Å². The Morgan fingerprint density at radius 2 is 1.71 bits per heavy atom. The monoisotopic (exact) mass is 246 g/mol. The van der Waals surface area contributed by atoms with Gasteiger partial charge in [-0.3, -0.25) is 0 Å². The van der Waals surface area contributed by atoms with E-state index in [9.17, 15) is 0 Å². The first kappa shape index (κ1) is 16.8. The van der Waals surface area contributed by atoms with Crippen molar-refractivity contribution in [3.05, 3.63) is 0 Å². The molecule has 1 unspecified atom stereocenters. The van der Waals surface area contributed by atoms with Gasteiger partial charge in [-0.05, 0) is 39.4 Å². The van der Waals surface area contributed by atoms with Gasteiger partial charge in [0.2, 0.25) is 0 Å². The molecular weight excluding hydrogens is 216 g/mol. The van der Waals surface area contributed by atoms with Crippen LogP contribution >= 0.6 is 0 Å². The molecule has 0 saturated carbocycles. The predicted octanol–water partition coefficient (Wildman–Crippen LogP) is 1.71. The number of ether oxygens (including phenoxy) is 2. The summed E-state index contributed by atoms with van der Waals surface area (Å²) < 4.78 is 10.3. The number of nitrogens with one attached hydrogen (secondary N) is 1. The van der Waals surface area contributed by atoms with Gasteiger partial charge in [0.05, 0.1) is 0 Å². The standard InChI is InChI=1S/C13H30N2O2/c1-6-15(7-2)10-8-9-12(3)14-11-13(16-4)17-5/h12-14H,6-11H2,1-5H3. The number of methoxy groups -OCH3 is 2. The van der Waals surface area contributed by atoms with Crippen LogP contribution in [0.25, 0.3) is 0 Å². The van der Waals surface area contributed by atoms with Crippen molar-refractivity contribution < 1.29 is 9.47 Å². The highest BCUT2D eigenvalue weighted by Crippen LogP contribution is 2.00. The van der Waals surface area contributed by atoms with Crippen molar-refractivity contribution in [1.29, 1.82) is 0 Å². The fraction of sp³-hybridized carbons (Fsp3) is 1.00. The van der Waals surface area contributed by atoms with E-state index in [1.807, 2.05) is 0 Å². The smallest absolute Gasteiger partial charge is 0.169 e. The van der Waals surface area contributed by atoms with Gasteiger partial charge in [-0.15, -0.1) is 0 Å². The molecule has 0 saturated heterocycles. The summed E-state index contributed by atoms with van der Waals surface area (Å²) in [6.45, 7) is 10.9. The number of hydrogen-bond acceptors (Lipinski definition) is 4. The number of rotatable bonds is 11. The quantitative estimate of drug-likeness (QED) is 0.563. The zero-order valence-electron chi connectivity index (χ0n) is 12.2. The van der Waals surface area contributed by atoms with Gasteiger partial charge in [0.1, 0.15) is 0 Å². The molecule has 0 aliphatic heterocycles. The maximum Gasteiger partial charge on any atom is 0.169 e. The van der Waals surface area contributed by atoms with Crippen molar-refractivity contribution in [1.82, 2.24) is 10.2 Å². The third-order valence-corrected chi connectivity index (χ3v) is 3.16. The van der Waals surface area contributed by atoms with Crippen LogP contribution in [0.5, 0.6) is 0 Å². The van der Waals surface area contributed by atoms with Crippen LogP contribution in [0.4, 0.5) is 0 Å². The predicted molar refractivity (Wildman–Crippen MR) is 72.3 cm³/mol. The summed E-state index contributed by atoms with van der Waals surface area (Å²) in [5, 5.41) is 3.43. The summed E-state index contributed by atoms with van der Waals surface area (Å²) in [7, 11) is 3.34. The Bertz CT molecular complexity index is 159. The topological polar surface area (TPSA) is 33.7 Å². The molecule has 0 aliphatic carbocycles. The lowest BCUT2D eigenvalue weighted by Crippen LogP contribution is -2.36. The van der Waals surface area contributed by atoms with Crippen LogP contribution in [0.3, 0.4) is 0 Å². The van der Waals surface area contributed by atoms with Crippen LogP contribution in [0.2, 0.25) is 0 Å². The summed E-state index contributed by atoms with van der Waals surface area (Å²) in [4.78, 5) is 2.46. The largest absolute Gasteiger partial charge is 0.355 e. The lowest BCUT2D eigenvalue weighted by Gasteiger charge is -2.21. The first-order valence-electron chi connectivity index (χ1n) is 6.69. The third kappa shape index (κ3) is 8.55. The molecule has 4 nitrogen and oxygen atoms in total. The Balaban J connectivity index is 3.55. The summed E-state index contributed by atoms with van der Waals surface area (Å²) in [6.07, 6.45) is 2.29. The van der Waals surface area contributed by atoms with Crippen LogP contribution in [0.1, 0.15) is 33.6 Å². The molecule has 4 heteroatoms. The first-order chi connectivity index (χ1) is 8.17. The van der Waals surface area contributed by atoms with Crippen molar-refractivity contribution in [3.8, 4) is 0 Å². The molecule has 0 fully saturated rings. The summed E-state index contributed by atoms with van der Waals surface area (Å²) in [6, 6.07) is 0.512. The fourth-order valence-corrected chi connectivity index (χ4v) is 1.82. The average Bonchev–Trinajstić information content (AvgIpc) is 2.36. The van der Waals surface area contributed by atoms with Crippen LogP contribution in [-0.2, 0) is 9.47 Å². The highest BCUT2D eigenvalue weighted by molar-refractivity contribution is 4.63. The second-order valence-electron chi connectivity index (χ2n) is 4.38. The van der Waals surface area contributed by atoms with Crippen molar-refractivity contribution in [2.24, 2.45) is 0 Å². The lowest BCUT2D eigenvalue weighted by atomic mass is 10.1. The Kier molecular flexibility index (Phi) is 10.9. The van der Waals surface area contributed by atoms with Gasteiger partial charge < -0.3 is 19.7 Å². The van der Waals surface area contributed by atoms with Crippen molar-refractivity contribution >= 4 is 0 Å². The first-order valence-corrected chi connectivity index (χ1v) is 6.69. The fourth-order valence-electron chi connectivity index (χ4n) is 1.82.